The molecule has 86 valence electrons. The predicted octanol–water partition coefficient (Wildman–Crippen LogP) is 1.30. The van der Waals surface area contributed by atoms with Gasteiger partial charge in [-0.2, -0.15) is 0 Å². The number of fused-ring (bicyclic) bond motifs is 1. The van der Waals surface area contributed by atoms with E-state index in [1.54, 1.807) is 12.1 Å². The van der Waals surface area contributed by atoms with Gasteiger partial charge in [-0.3, -0.25) is 4.79 Å². The van der Waals surface area contributed by atoms with Crippen molar-refractivity contribution in [3.05, 3.63) is 40.6 Å². The third kappa shape index (κ3) is 2.19. The molecule has 0 bridgehead atoms. The molecule has 6 heteroatoms. The lowest BCUT2D eigenvalue weighted by molar-refractivity contribution is -0.114. The van der Waals surface area contributed by atoms with Gasteiger partial charge in [0.1, 0.15) is 0 Å². The Bertz CT molecular complexity index is 654. The molecule has 1 heterocycles. The largest absolute Gasteiger partial charge is 0.320 e. The van der Waals surface area contributed by atoms with Crippen LogP contribution in [0.3, 0.4) is 0 Å². The van der Waals surface area contributed by atoms with Gasteiger partial charge >= 0.3 is 5.91 Å². The zero-order valence-electron chi connectivity index (χ0n) is 8.67. The molecule has 0 unspecified atom stereocenters. The Morgan fingerprint density at radius 2 is 2.18 bits per heavy atom. The summed E-state index contributed by atoms with van der Waals surface area (Å²) in [5.74, 6) is -0.455. The van der Waals surface area contributed by atoms with Crippen molar-refractivity contribution in [3.63, 3.8) is 0 Å². The molecule has 0 spiro atoms. The fourth-order valence-electron chi connectivity index (χ4n) is 1.50. The molecule has 0 aromatic heterocycles. The fraction of sp³-hybridized carbons (Fsp3) is 0.0909. The third-order valence-corrected chi connectivity index (χ3v) is 3.71. The Labute approximate surface area is 98.5 Å². The molecule has 5 nitrogen and oxygen atoms in total. The highest BCUT2D eigenvalue weighted by Crippen LogP contribution is 2.29. The zero-order valence-corrected chi connectivity index (χ0v) is 9.49. The number of nitrogens with zero attached hydrogens (tertiary/aromatic N) is 1. The summed E-state index contributed by atoms with van der Waals surface area (Å²) in [7, 11) is -3.37. The second-order valence-corrected chi connectivity index (χ2v) is 5.27. The van der Waals surface area contributed by atoms with Crippen LogP contribution in [0, 0.1) is 6.57 Å². The molecule has 1 N–H and O–H groups in total. The molecule has 0 aliphatic carbocycles. The molecule has 0 saturated heterocycles. The van der Waals surface area contributed by atoms with Crippen molar-refractivity contribution in [3.8, 4) is 0 Å². The Kier molecular flexibility index (Phi) is 2.69. The number of benzene rings is 1. The summed E-state index contributed by atoms with van der Waals surface area (Å²) >= 11 is 0. The lowest BCUT2D eigenvalue weighted by Crippen LogP contribution is -2.14. The van der Waals surface area contributed by atoms with E-state index < -0.39 is 15.7 Å². The van der Waals surface area contributed by atoms with Crippen LogP contribution in [-0.2, 0) is 14.6 Å². The van der Waals surface area contributed by atoms with Gasteiger partial charge in [-0.25, -0.2) is 15.0 Å². The van der Waals surface area contributed by atoms with Crippen LogP contribution in [0.4, 0.5) is 5.69 Å². The van der Waals surface area contributed by atoms with Crippen molar-refractivity contribution in [1.29, 1.82) is 0 Å². The van der Waals surface area contributed by atoms with Crippen LogP contribution in [0.5, 0.6) is 0 Å². The van der Waals surface area contributed by atoms with E-state index in [-0.39, 0.29) is 11.4 Å². The Morgan fingerprint density at radius 3 is 2.88 bits per heavy atom. The lowest BCUT2D eigenvalue weighted by atomic mass is 10.2. The van der Waals surface area contributed by atoms with E-state index in [4.69, 9.17) is 6.57 Å². The van der Waals surface area contributed by atoms with Crippen molar-refractivity contribution in [2.75, 3.05) is 11.9 Å². The molecule has 17 heavy (non-hydrogen) atoms. The van der Waals surface area contributed by atoms with Crippen molar-refractivity contribution < 1.29 is 13.2 Å². The second kappa shape index (κ2) is 4.03. The minimum Gasteiger partial charge on any atom is -0.320 e. The number of hydrogen-bond acceptors (Lipinski definition) is 3. The van der Waals surface area contributed by atoms with E-state index in [9.17, 15) is 13.2 Å². The topological polar surface area (TPSA) is 67.6 Å². The monoisotopic (exact) mass is 248 g/mol. The van der Waals surface area contributed by atoms with Crippen LogP contribution in [0.1, 0.15) is 5.56 Å². The summed E-state index contributed by atoms with van der Waals surface area (Å²) in [5, 5.41) is 3.59. The number of hydrogen-bond donors (Lipinski definition) is 1. The van der Waals surface area contributed by atoms with E-state index >= 15 is 0 Å². The first-order valence-corrected chi connectivity index (χ1v) is 6.28. The summed E-state index contributed by atoms with van der Waals surface area (Å²) in [6, 6.07) is 4.61. The first-order valence-electron chi connectivity index (χ1n) is 4.73. The van der Waals surface area contributed by atoms with E-state index in [0.29, 0.717) is 11.3 Å². The fourth-order valence-corrected chi connectivity index (χ4v) is 2.73. The van der Waals surface area contributed by atoms with Crippen molar-refractivity contribution in [2.45, 2.75) is 4.90 Å². The summed E-state index contributed by atoms with van der Waals surface area (Å²) in [6.45, 7) is 6.27. The highest BCUT2D eigenvalue weighted by atomic mass is 32.2. The van der Waals surface area contributed by atoms with Gasteiger partial charge in [-0.05, 0) is 23.8 Å². The normalized spacial score (nSPS) is 15.0. The molecule has 1 aromatic rings. The van der Waals surface area contributed by atoms with Crippen molar-refractivity contribution >= 4 is 27.5 Å². The minimum atomic E-state index is -3.37. The van der Waals surface area contributed by atoms with Gasteiger partial charge in [0.2, 0.25) is 9.84 Å². The summed E-state index contributed by atoms with van der Waals surface area (Å²) < 4.78 is 23.1. The maximum absolute atomic E-state index is 11.6. The van der Waals surface area contributed by atoms with Gasteiger partial charge in [0.15, 0.2) is 0 Å². The molecule has 0 fully saturated rings. The first-order chi connectivity index (χ1) is 8.03. The summed E-state index contributed by atoms with van der Waals surface area (Å²) in [6.07, 6.45) is 1.51. The van der Waals surface area contributed by atoms with E-state index in [1.807, 2.05) is 0 Å². The van der Waals surface area contributed by atoms with Crippen LogP contribution in [0.2, 0.25) is 0 Å². The Balaban J connectivity index is 2.31. The molecule has 0 atom stereocenters. The van der Waals surface area contributed by atoms with Gasteiger partial charge in [0.25, 0.3) is 6.54 Å². The van der Waals surface area contributed by atoms with Gasteiger partial charge in [0, 0.05) is 11.1 Å². The summed E-state index contributed by atoms with van der Waals surface area (Å²) in [4.78, 5) is 14.3. The van der Waals surface area contributed by atoms with Crippen molar-refractivity contribution in [1.82, 2.24) is 0 Å². The van der Waals surface area contributed by atoms with Crippen LogP contribution in [-0.4, -0.2) is 20.9 Å². The number of nitrogens with one attached hydrogen (secondary N) is 1. The van der Waals surface area contributed by atoms with E-state index in [1.165, 1.54) is 12.1 Å². The molecular weight excluding hydrogens is 240 g/mol. The number of carbonyl (C=O) groups is 1. The zero-order chi connectivity index (χ0) is 12.5. The number of amides is 1. The van der Waals surface area contributed by atoms with E-state index in [0.717, 1.165) is 5.41 Å². The number of carbonyl (C=O) groups excluding carboxylic acids is 1. The van der Waals surface area contributed by atoms with Gasteiger partial charge in [-0.1, -0.05) is 6.07 Å². The molecule has 1 aromatic carbocycles. The number of anilines is 1. The van der Waals surface area contributed by atoms with Gasteiger partial charge in [-0.15, -0.1) is 0 Å². The molecular formula is C11H8N2O3S. The number of rotatable bonds is 2. The highest BCUT2D eigenvalue weighted by molar-refractivity contribution is 7.94. The molecule has 0 saturated carbocycles. The molecule has 0 radical (unpaired) electrons. The van der Waals surface area contributed by atoms with E-state index in [2.05, 4.69) is 10.2 Å². The Morgan fingerprint density at radius 1 is 1.41 bits per heavy atom. The quantitative estimate of drug-likeness (QED) is 0.802. The predicted molar refractivity (Wildman–Crippen MR) is 62.8 cm³/mol. The standard InChI is InChI=1S/C11H8N2O3S/c1-12-7-11(14)13-9-3-2-8-4-5-17(15,16)10(8)6-9/h2-6H,7H2,(H,13,14). The smallest absolute Gasteiger partial charge is 0.304 e. The van der Waals surface area contributed by atoms with Crippen LogP contribution in [0.15, 0.2) is 28.5 Å². The van der Waals surface area contributed by atoms with Gasteiger partial charge < -0.3 is 10.2 Å². The molecule has 1 amide bonds. The average molecular weight is 248 g/mol. The average Bonchev–Trinajstić information content (AvgIpc) is 2.55. The maximum atomic E-state index is 11.6. The lowest BCUT2D eigenvalue weighted by Gasteiger charge is -2.04. The number of sulfone groups is 1. The summed E-state index contributed by atoms with van der Waals surface area (Å²) in [5.41, 5.74) is 0.984. The third-order valence-electron chi connectivity index (χ3n) is 2.25. The SMILES string of the molecule is [C-]#[N+]CC(=O)Nc1ccc2c(c1)S(=O)(=O)C=C2. The molecule has 1 aliphatic rings. The highest BCUT2D eigenvalue weighted by Gasteiger charge is 2.21. The maximum Gasteiger partial charge on any atom is 0.304 e. The Hall–Kier alpha value is -2.13. The minimum absolute atomic E-state index is 0.179. The van der Waals surface area contributed by atoms with Crippen molar-refractivity contribution in [2.24, 2.45) is 0 Å². The van der Waals surface area contributed by atoms with Crippen LogP contribution >= 0.6 is 0 Å². The van der Waals surface area contributed by atoms with Crippen LogP contribution in [0.25, 0.3) is 10.9 Å². The molecule has 1 aliphatic heterocycles. The second-order valence-electron chi connectivity index (χ2n) is 3.46. The van der Waals surface area contributed by atoms with Gasteiger partial charge in [0.05, 0.1) is 4.90 Å². The molecule has 2 rings (SSSR count). The first kappa shape index (κ1) is 11.4. The van der Waals surface area contributed by atoms with Crippen LogP contribution < -0.4 is 5.32 Å².